The summed E-state index contributed by atoms with van der Waals surface area (Å²) in [4.78, 5) is 24.8. The van der Waals surface area contributed by atoms with Crippen LogP contribution in [0.3, 0.4) is 0 Å². The molecule has 1 saturated carbocycles. The van der Waals surface area contributed by atoms with Gasteiger partial charge in [-0.25, -0.2) is 4.79 Å². The van der Waals surface area contributed by atoms with Gasteiger partial charge in [0.05, 0.1) is 13.2 Å². The van der Waals surface area contributed by atoms with Crippen LogP contribution in [0.5, 0.6) is 0 Å². The van der Waals surface area contributed by atoms with E-state index in [2.05, 4.69) is 10.6 Å². The summed E-state index contributed by atoms with van der Waals surface area (Å²) in [6.45, 7) is 5.83. The van der Waals surface area contributed by atoms with Gasteiger partial charge in [-0.3, -0.25) is 4.79 Å². The number of hydrogen-bond acceptors (Lipinski definition) is 4. The second-order valence-corrected chi connectivity index (χ2v) is 8.04. The van der Waals surface area contributed by atoms with Crippen molar-refractivity contribution in [1.29, 1.82) is 0 Å². The number of benzene rings is 1. The zero-order valence-electron chi connectivity index (χ0n) is 16.6. The molecule has 6 nitrogen and oxygen atoms in total. The fourth-order valence-electron chi connectivity index (χ4n) is 3.05. The van der Waals surface area contributed by atoms with Crippen LogP contribution in [-0.4, -0.2) is 36.3 Å². The third-order valence-electron chi connectivity index (χ3n) is 4.36. The van der Waals surface area contributed by atoms with Gasteiger partial charge < -0.3 is 20.1 Å². The quantitative estimate of drug-likeness (QED) is 0.763. The summed E-state index contributed by atoms with van der Waals surface area (Å²) >= 11 is 0. The standard InChI is InChI=1S/C21H32N2O4/c1-21(2,3)27-20(25)23-18(15-26-14-16-10-6-4-7-11-16)19(24)22-17-12-8-5-9-13-17/h4,6-7,10-11,17-18H,5,8-9,12-15H2,1-3H3,(H,22,24)(H,23,25)/t18-/m0/s1. The molecule has 1 atom stereocenters. The molecule has 0 radical (unpaired) electrons. The van der Waals surface area contributed by atoms with Gasteiger partial charge in [-0.05, 0) is 39.2 Å². The van der Waals surface area contributed by atoms with Gasteiger partial charge in [0.2, 0.25) is 5.91 Å². The zero-order chi connectivity index (χ0) is 19.7. The highest BCUT2D eigenvalue weighted by molar-refractivity contribution is 5.86. The number of hydrogen-bond donors (Lipinski definition) is 2. The molecule has 0 heterocycles. The lowest BCUT2D eigenvalue weighted by Gasteiger charge is -2.27. The molecule has 0 unspecified atom stereocenters. The average molecular weight is 376 g/mol. The molecule has 0 bridgehead atoms. The van der Waals surface area contributed by atoms with Crippen molar-refractivity contribution in [1.82, 2.24) is 10.6 Å². The van der Waals surface area contributed by atoms with Crippen LogP contribution in [0, 0.1) is 0 Å². The van der Waals surface area contributed by atoms with Gasteiger partial charge in [0.1, 0.15) is 11.6 Å². The molecular formula is C21H32N2O4. The monoisotopic (exact) mass is 376 g/mol. The van der Waals surface area contributed by atoms with Gasteiger partial charge in [0.25, 0.3) is 0 Å². The van der Waals surface area contributed by atoms with Crippen LogP contribution < -0.4 is 10.6 Å². The molecule has 27 heavy (non-hydrogen) atoms. The van der Waals surface area contributed by atoms with Crippen molar-refractivity contribution in [2.24, 2.45) is 0 Å². The summed E-state index contributed by atoms with van der Waals surface area (Å²) < 4.78 is 11.0. The molecule has 1 aliphatic rings. The van der Waals surface area contributed by atoms with Crippen LogP contribution in [0.15, 0.2) is 30.3 Å². The molecule has 6 heteroatoms. The Bertz CT molecular complexity index is 592. The number of carbonyl (C=O) groups excluding carboxylic acids is 2. The average Bonchev–Trinajstić information content (AvgIpc) is 2.61. The molecule has 2 amide bonds. The first-order chi connectivity index (χ1) is 12.8. The largest absolute Gasteiger partial charge is 0.444 e. The molecule has 0 aliphatic heterocycles. The highest BCUT2D eigenvalue weighted by atomic mass is 16.6. The van der Waals surface area contributed by atoms with Crippen LogP contribution >= 0.6 is 0 Å². The maximum atomic E-state index is 12.7. The van der Waals surface area contributed by atoms with E-state index in [1.165, 1.54) is 6.42 Å². The zero-order valence-corrected chi connectivity index (χ0v) is 16.6. The second kappa shape index (κ2) is 10.3. The number of alkyl carbamates (subject to hydrolysis) is 1. The summed E-state index contributed by atoms with van der Waals surface area (Å²) in [5.41, 5.74) is 0.389. The predicted molar refractivity (Wildman–Crippen MR) is 104 cm³/mol. The molecule has 2 N–H and O–H groups in total. The lowest BCUT2D eigenvalue weighted by Crippen LogP contribution is -2.53. The Morgan fingerprint density at radius 1 is 1.11 bits per heavy atom. The second-order valence-electron chi connectivity index (χ2n) is 8.04. The van der Waals surface area contributed by atoms with E-state index >= 15 is 0 Å². The predicted octanol–water partition coefficient (Wildman–Crippen LogP) is 3.55. The van der Waals surface area contributed by atoms with Crippen LogP contribution in [-0.2, 0) is 20.9 Å². The van der Waals surface area contributed by atoms with Crippen molar-refractivity contribution >= 4 is 12.0 Å². The van der Waals surface area contributed by atoms with Crippen molar-refractivity contribution in [3.8, 4) is 0 Å². The summed E-state index contributed by atoms with van der Waals surface area (Å²) in [5, 5.41) is 5.70. The van der Waals surface area contributed by atoms with E-state index in [4.69, 9.17) is 9.47 Å². The van der Waals surface area contributed by atoms with Crippen molar-refractivity contribution in [2.75, 3.05) is 6.61 Å². The Labute approximate surface area is 162 Å². The SMILES string of the molecule is CC(C)(C)OC(=O)N[C@@H](COCc1ccccc1)C(=O)NC1CCCCC1. The molecule has 0 saturated heterocycles. The van der Waals surface area contributed by atoms with E-state index in [0.717, 1.165) is 31.2 Å². The van der Waals surface area contributed by atoms with Gasteiger partial charge in [-0.2, -0.15) is 0 Å². The summed E-state index contributed by atoms with van der Waals surface area (Å²) in [7, 11) is 0. The van der Waals surface area contributed by atoms with Gasteiger partial charge in [-0.1, -0.05) is 49.6 Å². The van der Waals surface area contributed by atoms with Crippen molar-refractivity contribution in [3.63, 3.8) is 0 Å². The maximum Gasteiger partial charge on any atom is 0.408 e. The van der Waals surface area contributed by atoms with E-state index in [1.807, 2.05) is 30.3 Å². The maximum absolute atomic E-state index is 12.7. The van der Waals surface area contributed by atoms with E-state index < -0.39 is 17.7 Å². The van der Waals surface area contributed by atoms with E-state index in [-0.39, 0.29) is 18.6 Å². The van der Waals surface area contributed by atoms with Crippen molar-refractivity contribution in [2.45, 2.75) is 77.2 Å². The fourth-order valence-corrected chi connectivity index (χ4v) is 3.05. The lowest BCUT2D eigenvalue weighted by molar-refractivity contribution is -0.125. The topological polar surface area (TPSA) is 76.7 Å². The highest BCUT2D eigenvalue weighted by Crippen LogP contribution is 2.17. The molecule has 2 rings (SSSR count). The minimum absolute atomic E-state index is 0.0900. The fraction of sp³-hybridized carbons (Fsp3) is 0.619. The molecule has 150 valence electrons. The Balaban J connectivity index is 1.91. The lowest BCUT2D eigenvalue weighted by atomic mass is 9.95. The third-order valence-corrected chi connectivity index (χ3v) is 4.36. The van der Waals surface area contributed by atoms with Crippen molar-refractivity contribution < 1.29 is 19.1 Å². The van der Waals surface area contributed by atoms with E-state index in [1.54, 1.807) is 20.8 Å². The first-order valence-electron chi connectivity index (χ1n) is 9.75. The number of nitrogens with one attached hydrogen (secondary N) is 2. The molecule has 1 aromatic rings. The molecule has 1 fully saturated rings. The van der Waals surface area contributed by atoms with Crippen LogP contribution in [0.25, 0.3) is 0 Å². The van der Waals surface area contributed by atoms with Gasteiger partial charge >= 0.3 is 6.09 Å². The number of carbonyl (C=O) groups is 2. The number of ether oxygens (including phenoxy) is 2. The van der Waals surface area contributed by atoms with Crippen molar-refractivity contribution in [3.05, 3.63) is 35.9 Å². The Hall–Kier alpha value is -2.08. The highest BCUT2D eigenvalue weighted by Gasteiger charge is 2.26. The summed E-state index contributed by atoms with van der Waals surface area (Å²) in [5.74, 6) is -0.221. The van der Waals surface area contributed by atoms with Crippen LogP contribution in [0.1, 0.15) is 58.4 Å². The third kappa shape index (κ3) is 8.43. The minimum Gasteiger partial charge on any atom is -0.444 e. The smallest absolute Gasteiger partial charge is 0.408 e. The van der Waals surface area contributed by atoms with E-state index in [9.17, 15) is 9.59 Å². The summed E-state index contributed by atoms with van der Waals surface area (Å²) in [6, 6.07) is 9.11. The van der Waals surface area contributed by atoms with Crippen LogP contribution in [0.4, 0.5) is 4.79 Å². The normalized spacial score (nSPS) is 16.4. The number of amides is 2. The van der Waals surface area contributed by atoms with Gasteiger partial charge in [-0.15, -0.1) is 0 Å². The first kappa shape index (κ1) is 21.2. The Kier molecular flexibility index (Phi) is 8.10. The number of rotatable bonds is 7. The van der Waals surface area contributed by atoms with Crippen LogP contribution in [0.2, 0.25) is 0 Å². The molecular weight excluding hydrogens is 344 g/mol. The van der Waals surface area contributed by atoms with E-state index in [0.29, 0.717) is 6.61 Å². The molecule has 1 aliphatic carbocycles. The molecule has 0 aromatic heterocycles. The Morgan fingerprint density at radius 3 is 2.41 bits per heavy atom. The Morgan fingerprint density at radius 2 is 1.78 bits per heavy atom. The summed E-state index contributed by atoms with van der Waals surface area (Å²) in [6.07, 6.45) is 4.81. The molecule has 0 spiro atoms. The first-order valence-corrected chi connectivity index (χ1v) is 9.75. The van der Waals surface area contributed by atoms with Gasteiger partial charge in [0, 0.05) is 6.04 Å². The van der Waals surface area contributed by atoms with Gasteiger partial charge in [0.15, 0.2) is 0 Å². The minimum atomic E-state index is -0.787. The molecule has 1 aromatic carbocycles.